The Kier molecular flexibility index (Phi) is 5.58. The Morgan fingerprint density at radius 1 is 1.33 bits per heavy atom. The lowest BCUT2D eigenvalue weighted by Crippen LogP contribution is -2.22. The van der Waals surface area contributed by atoms with Crippen LogP contribution in [0.15, 0.2) is 34.0 Å². The van der Waals surface area contributed by atoms with Gasteiger partial charge in [0.25, 0.3) is 0 Å². The summed E-state index contributed by atoms with van der Waals surface area (Å²) in [5.41, 5.74) is 1.96. The molecule has 2 heterocycles. The van der Waals surface area contributed by atoms with Gasteiger partial charge in [0.2, 0.25) is 10.0 Å². The van der Waals surface area contributed by atoms with E-state index in [1.165, 1.54) is 0 Å². The summed E-state index contributed by atoms with van der Waals surface area (Å²) >= 11 is 1.56. The average molecular weight is 327 g/mol. The molecular formula is C14H21N3O2S2. The van der Waals surface area contributed by atoms with Crippen LogP contribution in [0.3, 0.4) is 0 Å². The van der Waals surface area contributed by atoms with Gasteiger partial charge in [-0.05, 0) is 41.9 Å². The van der Waals surface area contributed by atoms with E-state index in [-0.39, 0.29) is 0 Å². The minimum absolute atomic E-state index is 0.326. The van der Waals surface area contributed by atoms with E-state index in [0.717, 1.165) is 24.2 Å². The summed E-state index contributed by atoms with van der Waals surface area (Å²) in [6.45, 7) is 3.87. The highest BCUT2D eigenvalue weighted by Gasteiger charge is 2.18. The third-order valence-corrected chi connectivity index (χ3v) is 5.24. The van der Waals surface area contributed by atoms with Crippen molar-refractivity contribution in [3.05, 3.63) is 40.3 Å². The lowest BCUT2D eigenvalue weighted by Gasteiger charge is -2.06. The molecule has 0 amide bonds. The molecule has 0 aliphatic carbocycles. The van der Waals surface area contributed by atoms with Gasteiger partial charge in [-0.3, -0.25) is 0 Å². The minimum Gasteiger partial charge on any atom is -0.349 e. The van der Waals surface area contributed by atoms with Gasteiger partial charge >= 0.3 is 0 Å². The van der Waals surface area contributed by atoms with Crippen LogP contribution >= 0.6 is 11.3 Å². The second kappa shape index (κ2) is 7.22. The van der Waals surface area contributed by atoms with Crippen molar-refractivity contribution in [2.45, 2.75) is 37.9 Å². The van der Waals surface area contributed by atoms with E-state index in [1.807, 2.05) is 28.4 Å². The molecule has 0 radical (unpaired) electrons. The summed E-state index contributed by atoms with van der Waals surface area (Å²) in [5.74, 6) is 0. The molecule has 2 rings (SSSR count). The van der Waals surface area contributed by atoms with Crippen LogP contribution < -0.4 is 10.0 Å². The Morgan fingerprint density at radius 3 is 2.76 bits per heavy atom. The normalized spacial score (nSPS) is 11.9. The molecular weight excluding hydrogens is 306 g/mol. The molecule has 0 aromatic carbocycles. The Hall–Kier alpha value is -1.15. The fourth-order valence-electron chi connectivity index (χ4n) is 2.11. The number of hydrogen-bond donors (Lipinski definition) is 2. The maximum atomic E-state index is 12.4. The summed E-state index contributed by atoms with van der Waals surface area (Å²) in [6.07, 6.45) is 2.68. The smallest absolute Gasteiger partial charge is 0.242 e. The number of hydrogen-bond acceptors (Lipinski definition) is 4. The largest absolute Gasteiger partial charge is 0.349 e. The molecule has 0 bridgehead atoms. The Labute approximate surface area is 130 Å². The standard InChI is InChI=1S/C14H21N3O2S2/c1-3-5-17-10-14(7-13(17)9-15-2)21(18,19)16-8-12-4-6-20-11-12/h4,6-7,10-11,15-16H,3,5,8-9H2,1-2H3. The number of nitrogens with zero attached hydrogens (tertiary/aromatic N) is 1. The highest BCUT2D eigenvalue weighted by atomic mass is 32.2. The number of sulfonamides is 1. The van der Waals surface area contributed by atoms with Crippen molar-refractivity contribution in [2.75, 3.05) is 7.05 Å². The third kappa shape index (κ3) is 4.16. The van der Waals surface area contributed by atoms with E-state index < -0.39 is 10.0 Å². The molecule has 5 nitrogen and oxygen atoms in total. The monoisotopic (exact) mass is 327 g/mol. The molecule has 0 atom stereocenters. The van der Waals surface area contributed by atoms with Crippen molar-refractivity contribution < 1.29 is 8.42 Å². The van der Waals surface area contributed by atoms with Gasteiger partial charge in [0.15, 0.2) is 0 Å². The molecule has 0 aliphatic rings. The zero-order chi connectivity index (χ0) is 15.3. The Morgan fingerprint density at radius 2 is 2.14 bits per heavy atom. The van der Waals surface area contributed by atoms with Gasteiger partial charge in [0.1, 0.15) is 0 Å². The summed E-state index contributed by atoms with van der Waals surface area (Å²) in [7, 11) is -1.62. The maximum absolute atomic E-state index is 12.4. The Bertz CT molecular complexity index is 637. The van der Waals surface area contributed by atoms with E-state index in [0.29, 0.717) is 18.0 Å². The van der Waals surface area contributed by atoms with Gasteiger partial charge in [-0.1, -0.05) is 6.92 Å². The van der Waals surface area contributed by atoms with E-state index >= 15 is 0 Å². The van der Waals surface area contributed by atoms with Gasteiger partial charge in [-0.25, -0.2) is 13.1 Å². The highest BCUT2D eigenvalue weighted by molar-refractivity contribution is 7.89. The second-order valence-electron chi connectivity index (χ2n) is 4.85. The van der Waals surface area contributed by atoms with Gasteiger partial charge < -0.3 is 9.88 Å². The molecule has 0 fully saturated rings. The molecule has 0 unspecified atom stereocenters. The molecule has 0 aliphatic heterocycles. The van der Waals surface area contributed by atoms with Crippen LogP contribution in [0.25, 0.3) is 0 Å². The molecule has 7 heteroatoms. The molecule has 2 aromatic heterocycles. The molecule has 116 valence electrons. The Balaban J connectivity index is 2.16. The fourth-order valence-corrected chi connectivity index (χ4v) is 3.85. The van der Waals surface area contributed by atoms with Crippen molar-refractivity contribution in [2.24, 2.45) is 0 Å². The SMILES string of the molecule is CCCn1cc(S(=O)(=O)NCc2ccsc2)cc1CNC. The average Bonchev–Trinajstić information content (AvgIpc) is 3.08. The quantitative estimate of drug-likeness (QED) is 0.781. The summed E-state index contributed by atoms with van der Waals surface area (Å²) in [5, 5.41) is 6.95. The van der Waals surface area contributed by atoms with E-state index in [1.54, 1.807) is 23.6 Å². The summed E-state index contributed by atoms with van der Waals surface area (Å²) < 4.78 is 29.4. The van der Waals surface area contributed by atoms with E-state index in [2.05, 4.69) is 17.0 Å². The van der Waals surface area contributed by atoms with Crippen LogP contribution in [0.1, 0.15) is 24.6 Å². The van der Waals surface area contributed by atoms with Crippen LogP contribution in [0.2, 0.25) is 0 Å². The minimum atomic E-state index is -3.47. The molecule has 0 saturated carbocycles. The van der Waals surface area contributed by atoms with Crippen molar-refractivity contribution in [1.29, 1.82) is 0 Å². The first kappa shape index (κ1) is 16.2. The van der Waals surface area contributed by atoms with Crippen molar-refractivity contribution in [3.63, 3.8) is 0 Å². The predicted molar refractivity (Wildman–Crippen MR) is 85.8 cm³/mol. The lowest BCUT2D eigenvalue weighted by atomic mass is 10.4. The van der Waals surface area contributed by atoms with Gasteiger partial charge in [-0.15, -0.1) is 0 Å². The number of rotatable bonds is 8. The first-order valence-corrected chi connectivity index (χ1v) is 9.34. The second-order valence-corrected chi connectivity index (χ2v) is 7.39. The van der Waals surface area contributed by atoms with Crippen molar-refractivity contribution in [3.8, 4) is 0 Å². The predicted octanol–water partition coefficient (Wildman–Crippen LogP) is 2.16. The van der Waals surface area contributed by atoms with Crippen LogP contribution in [0.5, 0.6) is 0 Å². The number of nitrogens with one attached hydrogen (secondary N) is 2. The van der Waals surface area contributed by atoms with Crippen LogP contribution in [0.4, 0.5) is 0 Å². The van der Waals surface area contributed by atoms with Gasteiger partial charge in [0, 0.05) is 31.5 Å². The first-order chi connectivity index (χ1) is 10.1. The van der Waals surface area contributed by atoms with E-state index in [4.69, 9.17) is 0 Å². The number of thiophene rings is 1. The molecule has 0 saturated heterocycles. The maximum Gasteiger partial charge on any atom is 0.242 e. The molecule has 21 heavy (non-hydrogen) atoms. The fraction of sp³-hybridized carbons (Fsp3) is 0.429. The topological polar surface area (TPSA) is 63.1 Å². The molecule has 0 spiro atoms. The van der Waals surface area contributed by atoms with Crippen LogP contribution in [0, 0.1) is 0 Å². The van der Waals surface area contributed by atoms with Crippen LogP contribution in [-0.2, 0) is 29.7 Å². The van der Waals surface area contributed by atoms with Crippen LogP contribution in [-0.4, -0.2) is 20.0 Å². The number of aryl methyl sites for hydroxylation is 1. The zero-order valence-electron chi connectivity index (χ0n) is 12.3. The summed E-state index contributed by atoms with van der Waals surface area (Å²) in [4.78, 5) is 0.330. The lowest BCUT2D eigenvalue weighted by molar-refractivity contribution is 0.580. The zero-order valence-corrected chi connectivity index (χ0v) is 13.9. The molecule has 2 N–H and O–H groups in total. The first-order valence-electron chi connectivity index (χ1n) is 6.91. The number of aromatic nitrogens is 1. The van der Waals surface area contributed by atoms with Gasteiger partial charge in [0.05, 0.1) is 4.90 Å². The highest BCUT2D eigenvalue weighted by Crippen LogP contribution is 2.16. The molecule has 2 aromatic rings. The summed E-state index contributed by atoms with van der Waals surface area (Å²) in [6, 6.07) is 3.66. The third-order valence-electron chi connectivity index (χ3n) is 3.14. The van der Waals surface area contributed by atoms with Gasteiger partial charge in [-0.2, -0.15) is 11.3 Å². The van der Waals surface area contributed by atoms with E-state index in [9.17, 15) is 8.42 Å². The van der Waals surface area contributed by atoms with Crippen molar-refractivity contribution in [1.82, 2.24) is 14.6 Å². The van der Waals surface area contributed by atoms with Crippen molar-refractivity contribution >= 4 is 21.4 Å².